The lowest BCUT2D eigenvalue weighted by atomic mass is 9.98. The molecule has 0 amide bonds. The molecular formula is C12H12Br2N2S2. The van der Waals surface area contributed by atoms with Crippen LogP contribution in [0.25, 0.3) is 9.88 Å². The van der Waals surface area contributed by atoms with Crippen LogP contribution in [0, 0.1) is 0 Å². The van der Waals surface area contributed by atoms with E-state index in [4.69, 9.17) is 4.98 Å². The number of aryl methyl sites for hydroxylation is 1. The summed E-state index contributed by atoms with van der Waals surface area (Å²) < 4.78 is 2.25. The topological polar surface area (TPSA) is 24.9 Å². The molecule has 6 heteroatoms. The number of rotatable bonds is 2. The Morgan fingerprint density at radius 3 is 2.89 bits per heavy atom. The van der Waals surface area contributed by atoms with E-state index in [1.165, 1.54) is 34.7 Å². The fourth-order valence-electron chi connectivity index (χ4n) is 2.26. The highest BCUT2D eigenvalue weighted by atomic mass is 79.9. The van der Waals surface area contributed by atoms with E-state index in [2.05, 4.69) is 43.2 Å². The molecule has 0 aliphatic heterocycles. The number of hydrogen-bond donors (Lipinski definition) is 1. The van der Waals surface area contributed by atoms with Crippen molar-refractivity contribution in [1.82, 2.24) is 10.3 Å². The summed E-state index contributed by atoms with van der Waals surface area (Å²) >= 11 is 10.7. The second-order valence-corrected chi connectivity index (χ2v) is 8.60. The highest BCUT2D eigenvalue weighted by Gasteiger charge is 2.24. The molecule has 0 spiro atoms. The summed E-state index contributed by atoms with van der Waals surface area (Å²) in [4.78, 5) is 7.55. The summed E-state index contributed by atoms with van der Waals surface area (Å²) in [5, 5.41) is 4.52. The molecule has 1 aliphatic carbocycles. The largest absolute Gasteiger partial charge is 0.312 e. The molecule has 2 aromatic rings. The molecule has 18 heavy (non-hydrogen) atoms. The van der Waals surface area contributed by atoms with Gasteiger partial charge in [-0.15, -0.1) is 22.7 Å². The van der Waals surface area contributed by atoms with E-state index in [9.17, 15) is 0 Å². The molecule has 2 nitrogen and oxygen atoms in total. The zero-order valence-electron chi connectivity index (χ0n) is 9.80. The Hall–Kier alpha value is 0.250. The molecule has 2 aromatic heterocycles. The van der Waals surface area contributed by atoms with Crippen LogP contribution < -0.4 is 5.32 Å². The first-order chi connectivity index (χ1) is 8.69. The van der Waals surface area contributed by atoms with Gasteiger partial charge in [0.1, 0.15) is 5.01 Å². The van der Waals surface area contributed by atoms with Gasteiger partial charge in [0, 0.05) is 9.35 Å². The van der Waals surface area contributed by atoms with Crippen molar-refractivity contribution in [2.45, 2.75) is 25.3 Å². The molecule has 1 atom stereocenters. The molecule has 1 aliphatic rings. The SMILES string of the molecule is CNC1CCCc2sc(-c3cc(Br)c(Br)s3)nc21. The maximum absolute atomic E-state index is 4.85. The second kappa shape index (κ2) is 5.32. The number of thiazole rings is 1. The van der Waals surface area contributed by atoms with Crippen molar-refractivity contribution in [3.05, 3.63) is 24.9 Å². The Morgan fingerprint density at radius 2 is 2.22 bits per heavy atom. The van der Waals surface area contributed by atoms with Crippen LogP contribution in [-0.2, 0) is 6.42 Å². The number of hydrogen-bond acceptors (Lipinski definition) is 4. The monoisotopic (exact) mass is 406 g/mol. The minimum absolute atomic E-state index is 0.436. The maximum Gasteiger partial charge on any atom is 0.134 e. The van der Waals surface area contributed by atoms with Gasteiger partial charge >= 0.3 is 0 Å². The zero-order chi connectivity index (χ0) is 12.7. The van der Waals surface area contributed by atoms with Crippen molar-refractivity contribution < 1.29 is 0 Å². The van der Waals surface area contributed by atoms with Crippen LogP contribution in [0.1, 0.15) is 29.5 Å². The normalized spacial score (nSPS) is 18.9. The molecule has 0 fully saturated rings. The summed E-state index contributed by atoms with van der Waals surface area (Å²) in [6.07, 6.45) is 3.64. The van der Waals surface area contributed by atoms with Gasteiger partial charge < -0.3 is 5.32 Å². The van der Waals surface area contributed by atoms with E-state index in [-0.39, 0.29) is 0 Å². The van der Waals surface area contributed by atoms with Gasteiger partial charge in [-0.1, -0.05) is 0 Å². The maximum atomic E-state index is 4.85. The molecule has 0 saturated carbocycles. The quantitative estimate of drug-likeness (QED) is 0.757. The first-order valence-electron chi connectivity index (χ1n) is 5.81. The van der Waals surface area contributed by atoms with E-state index in [0.29, 0.717) is 6.04 Å². The van der Waals surface area contributed by atoms with E-state index in [1.54, 1.807) is 11.3 Å². The van der Waals surface area contributed by atoms with Crippen molar-refractivity contribution in [2.75, 3.05) is 7.05 Å². The summed E-state index contributed by atoms with van der Waals surface area (Å²) in [6.45, 7) is 0. The number of nitrogens with one attached hydrogen (secondary N) is 1. The smallest absolute Gasteiger partial charge is 0.134 e. The Balaban J connectivity index is 2.02. The lowest BCUT2D eigenvalue weighted by Crippen LogP contribution is -2.21. The van der Waals surface area contributed by atoms with Crippen LogP contribution in [0.15, 0.2) is 14.3 Å². The Kier molecular flexibility index (Phi) is 3.92. The third kappa shape index (κ3) is 2.33. The molecule has 2 heterocycles. The van der Waals surface area contributed by atoms with Crippen LogP contribution in [0.3, 0.4) is 0 Å². The van der Waals surface area contributed by atoms with Crippen LogP contribution >= 0.6 is 54.5 Å². The average molecular weight is 408 g/mol. The summed E-state index contributed by atoms with van der Waals surface area (Å²) in [7, 11) is 2.02. The molecule has 1 N–H and O–H groups in total. The molecule has 3 rings (SSSR count). The van der Waals surface area contributed by atoms with Gasteiger partial charge in [-0.3, -0.25) is 0 Å². The number of halogens is 2. The van der Waals surface area contributed by atoms with E-state index in [0.717, 1.165) is 13.3 Å². The Labute approximate surface area is 131 Å². The highest BCUT2D eigenvalue weighted by Crippen LogP contribution is 2.42. The van der Waals surface area contributed by atoms with Gasteiger partial charge in [0.25, 0.3) is 0 Å². The third-order valence-electron chi connectivity index (χ3n) is 3.16. The summed E-state index contributed by atoms with van der Waals surface area (Å²) in [5.41, 5.74) is 1.27. The lowest BCUT2D eigenvalue weighted by molar-refractivity contribution is 0.490. The van der Waals surface area contributed by atoms with Crippen molar-refractivity contribution in [1.29, 1.82) is 0 Å². The van der Waals surface area contributed by atoms with Crippen LogP contribution in [0.4, 0.5) is 0 Å². The standard InChI is InChI=1S/C12H12Br2N2S2/c1-15-7-3-2-4-8-10(7)16-12(18-8)9-5-6(13)11(14)17-9/h5,7,15H,2-4H2,1H3. The van der Waals surface area contributed by atoms with Crippen molar-refractivity contribution in [3.63, 3.8) is 0 Å². The van der Waals surface area contributed by atoms with E-state index >= 15 is 0 Å². The third-order valence-corrected chi connectivity index (χ3v) is 7.72. The molecule has 96 valence electrons. The fraction of sp³-hybridized carbons (Fsp3) is 0.417. The minimum atomic E-state index is 0.436. The van der Waals surface area contributed by atoms with Crippen molar-refractivity contribution in [3.8, 4) is 9.88 Å². The first-order valence-corrected chi connectivity index (χ1v) is 9.03. The van der Waals surface area contributed by atoms with E-state index in [1.807, 2.05) is 18.4 Å². The highest BCUT2D eigenvalue weighted by molar-refractivity contribution is 9.13. The van der Waals surface area contributed by atoms with Gasteiger partial charge in [0.2, 0.25) is 0 Å². The van der Waals surface area contributed by atoms with Crippen LogP contribution in [0.2, 0.25) is 0 Å². The van der Waals surface area contributed by atoms with Gasteiger partial charge in [-0.2, -0.15) is 0 Å². The molecular weight excluding hydrogens is 396 g/mol. The lowest BCUT2D eigenvalue weighted by Gasteiger charge is -2.19. The average Bonchev–Trinajstić information content (AvgIpc) is 2.93. The predicted octanol–water partition coefficient (Wildman–Crippen LogP) is 4.99. The molecule has 0 aromatic carbocycles. The van der Waals surface area contributed by atoms with Crippen molar-refractivity contribution in [2.24, 2.45) is 0 Å². The molecule has 1 unspecified atom stereocenters. The van der Waals surface area contributed by atoms with Gasteiger partial charge in [0.05, 0.1) is 20.4 Å². The number of aromatic nitrogens is 1. The molecule has 0 radical (unpaired) electrons. The molecule has 0 saturated heterocycles. The first kappa shape index (κ1) is 13.2. The van der Waals surface area contributed by atoms with Crippen LogP contribution in [0.5, 0.6) is 0 Å². The van der Waals surface area contributed by atoms with Gasteiger partial charge in [-0.05, 0) is 64.2 Å². The molecule has 0 bridgehead atoms. The number of fused-ring (bicyclic) bond motifs is 1. The predicted molar refractivity (Wildman–Crippen MR) is 85.6 cm³/mol. The van der Waals surface area contributed by atoms with E-state index < -0.39 is 0 Å². The zero-order valence-corrected chi connectivity index (χ0v) is 14.6. The fourth-order valence-corrected chi connectivity index (χ4v) is 5.50. The van der Waals surface area contributed by atoms with Crippen molar-refractivity contribution >= 4 is 54.5 Å². The minimum Gasteiger partial charge on any atom is -0.312 e. The van der Waals surface area contributed by atoms with Crippen LogP contribution in [-0.4, -0.2) is 12.0 Å². The number of nitrogens with zero attached hydrogens (tertiary/aromatic N) is 1. The number of thiophene rings is 1. The van der Waals surface area contributed by atoms with Gasteiger partial charge in [-0.25, -0.2) is 4.98 Å². The summed E-state index contributed by atoms with van der Waals surface area (Å²) in [5.74, 6) is 0. The second-order valence-electron chi connectivity index (χ2n) is 4.29. The Bertz CT molecular complexity index is 557. The van der Waals surface area contributed by atoms with Gasteiger partial charge in [0.15, 0.2) is 0 Å². The Morgan fingerprint density at radius 1 is 1.39 bits per heavy atom. The summed E-state index contributed by atoms with van der Waals surface area (Å²) in [6, 6.07) is 2.58.